The van der Waals surface area contributed by atoms with Crippen molar-refractivity contribution in [2.24, 2.45) is 5.73 Å². The van der Waals surface area contributed by atoms with Gasteiger partial charge in [-0.2, -0.15) is 0 Å². The van der Waals surface area contributed by atoms with Crippen molar-refractivity contribution >= 4 is 5.91 Å². The van der Waals surface area contributed by atoms with E-state index in [0.717, 1.165) is 6.07 Å². The van der Waals surface area contributed by atoms with Gasteiger partial charge < -0.3 is 10.8 Å². The average Bonchev–Trinajstić information content (AvgIpc) is 2.08. The van der Waals surface area contributed by atoms with Gasteiger partial charge in [0.2, 0.25) is 0 Å². The van der Waals surface area contributed by atoms with Gasteiger partial charge in [0.15, 0.2) is 0 Å². The fourth-order valence-corrected chi connectivity index (χ4v) is 0.973. The molecule has 0 atom stereocenters. The molecule has 1 aromatic heterocycles. The first-order valence-electron chi connectivity index (χ1n) is 3.72. The van der Waals surface area contributed by atoms with Crippen molar-refractivity contribution in [2.75, 3.05) is 0 Å². The molecule has 0 spiro atoms. The van der Waals surface area contributed by atoms with Crippen LogP contribution in [0.1, 0.15) is 28.2 Å². The molecule has 0 unspecified atom stereocenters. The molecular weight excluding hydrogens is 194 g/mol. The summed E-state index contributed by atoms with van der Waals surface area (Å²) in [6, 6.07) is 0.799. The molecule has 0 fully saturated rings. The van der Waals surface area contributed by atoms with Gasteiger partial charge in [0.1, 0.15) is 11.4 Å². The van der Waals surface area contributed by atoms with Crippen LogP contribution in [-0.2, 0) is 0 Å². The number of amides is 1. The quantitative estimate of drug-likeness (QED) is 0.754. The van der Waals surface area contributed by atoms with Crippen LogP contribution in [0.4, 0.5) is 8.78 Å². The first-order valence-corrected chi connectivity index (χ1v) is 3.72. The molecule has 0 bridgehead atoms. The molecule has 4 nitrogen and oxygen atoms in total. The maximum Gasteiger partial charge on any atom is 0.267 e. The van der Waals surface area contributed by atoms with Crippen LogP contribution in [0.5, 0.6) is 5.75 Å². The summed E-state index contributed by atoms with van der Waals surface area (Å²) in [5.41, 5.74) is 3.78. The lowest BCUT2D eigenvalue weighted by molar-refractivity contribution is 0.0979. The Morgan fingerprint density at radius 3 is 2.64 bits per heavy atom. The monoisotopic (exact) mass is 202 g/mol. The lowest BCUT2D eigenvalue weighted by Gasteiger charge is -2.07. The minimum absolute atomic E-state index is 0.0863. The molecular formula is C8H8F2N2O2. The molecule has 1 amide bonds. The Kier molecular flexibility index (Phi) is 2.64. The number of carbonyl (C=O) groups is 1. The van der Waals surface area contributed by atoms with Crippen molar-refractivity contribution in [1.82, 2.24) is 4.98 Å². The number of nitrogens with two attached hydrogens (primary N) is 1. The molecule has 3 N–H and O–H groups in total. The van der Waals surface area contributed by atoms with E-state index < -0.39 is 23.6 Å². The SMILES string of the molecule is Cc1nc(C(N)=O)c(C(F)F)cc1O. The zero-order chi connectivity index (χ0) is 10.9. The number of aromatic hydroxyl groups is 1. The van der Waals surface area contributed by atoms with Crippen LogP contribution in [0, 0.1) is 6.92 Å². The average molecular weight is 202 g/mol. The van der Waals surface area contributed by atoms with E-state index in [1.807, 2.05) is 0 Å². The number of carbonyl (C=O) groups excluding carboxylic acids is 1. The largest absolute Gasteiger partial charge is 0.506 e. The number of primary amides is 1. The molecule has 1 heterocycles. The predicted octanol–water partition coefficient (Wildman–Crippen LogP) is 1.13. The van der Waals surface area contributed by atoms with Gasteiger partial charge in [-0.3, -0.25) is 4.79 Å². The van der Waals surface area contributed by atoms with Crippen molar-refractivity contribution in [3.05, 3.63) is 23.0 Å². The zero-order valence-electron chi connectivity index (χ0n) is 7.29. The molecule has 0 aromatic carbocycles. The van der Waals surface area contributed by atoms with Crippen molar-refractivity contribution in [2.45, 2.75) is 13.3 Å². The summed E-state index contributed by atoms with van der Waals surface area (Å²) in [6.07, 6.45) is -2.89. The van der Waals surface area contributed by atoms with E-state index in [0.29, 0.717) is 0 Å². The van der Waals surface area contributed by atoms with Gasteiger partial charge in [0, 0.05) is 0 Å². The predicted molar refractivity (Wildman–Crippen MR) is 44.1 cm³/mol. The van der Waals surface area contributed by atoms with Crippen LogP contribution < -0.4 is 5.73 Å². The molecule has 76 valence electrons. The van der Waals surface area contributed by atoms with Gasteiger partial charge in [-0.05, 0) is 13.0 Å². The van der Waals surface area contributed by atoms with Crippen molar-refractivity contribution in [3.63, 3.8) is 0 Å². The minimum Gasteiger partial charge on any atom is -0.506 e. The van der Waals surface area contributed by atoms with Gasteiger partial charge >= 0.3 is 0 Å². The molecule has 6 heteroatoms. The van der Waals surface area contributed by atoms with Gasteiger partial charge in [-0.25, -0.2) is 13.8 Å². The summed E-state index contributed by atoms with van der Waals surface area (Å²) in [4.78, 5) is 14.2. The van der Waals surface area contributed by atoms with E-state index in [-0.39, 0.29) is 11.4 Å². The molecule has 0 aliphatic carbocycles. The summed E-state index contributed by atoms with van der Waals surface area (Å²) in [6.45, 7) is 1.39. The maximum absolute atomic E-state index is 12.3. The number of rotatable bonds is 2. The van der Waals surface area contributed by atoms with Gasteiger partial charge in [0.25, 0.3) is 12.3 Å². The first-order chi connectivity index (χ1) is 6.43. The maximum atomic E-state index is 12.3. The molecule has 0 radical (unpaired) electrons. The molecule has 1 rings (SSSR count). The number of pyridine rings is 1. The van der Waals surface area contributed by atoms with Crippen LogP contribution in [-0.4, -0.2) is 16.0 Å². The van der Waals surface area contributed by atoms with Gasteiger partial charge in [-0.1, -0.05) is 0 Å². The summed E-state index contributed by atoms with van der Waals surface area (Å²) in [7, 11) is 0. The third kappa shape index (κ3) is 1.78. The lowest BCUT2D eigenvalue weighted by Crippen LogP contribution is -2.16. The lowest BCUT2D eigenvalue weighted by atomic mass is 10.1. The Morgan fingerprint density at radius 2 is 2.21 bits per heavy atom. The second kappa shape index (κ2) is 3.57. The third-order valence-electron chi connectivity index (χ3n) is 1.68. The summed E-state index contributed by atoms with van der Waals surface area (Å²) in [5, 5.41) is 9.11. The number of alkyl halides is 2. The van der Waals surface area contributed by atoms with E-state index >= 15 is 0 Å². The fourth-order valence-electron chi connectivity index (χ4n) is 0.973. The minimum atomic E-state index is -2.89. The zero-order valence-corrected chi connectivity index (χ0v) is 7.29. The second-order valence-electron chi connectivity index (χ2n) is 2.70. The highest BCUT2D eigenvalue weighted by atomic mass is 19.3. The van der Waals surface area contributed by atoms with Crippen molar-refractivity contribution in [1.29, 1.82) is 0 Å². The fraction of sp³-hybridized carbons (Fsp3) is 0.250. The first kappa shape index (κ1) is 10.4. The number of hydrogen-bond acceptors (Lipinski definition) is 3. The number of nitrogens with zero attached hydrogens (tertiary/aromatic N) is 1. The summed E-state index contributed by atoms with van der Waals surface area (Å²) < 4.78 is 24.7. The number of aryl methyl sites for hydroxylation is 1. The Bertz CT molecular complexity index is 380. The van der Waals surface area contributed by atoms with Gasteiger partial charge in [-0.15, -0.1) is 0 Å². The molecule has 0 aliphatic rings. The Labute approximate surface area is 78.4 Å². The third-order valence-corrected chi connectivity index (χ3v) is 1.68. The van der Waals surface area contributed by atoms with Crippen LogP contribution in [0.25, 0.3) is 0 Å². The second-order valence-corrected chi connectivity index (χ2v) is 2.70. The Balaban J connectivity index is 3.39. The van der Waals surface area contributed by atoms with E-state index in [2.05, 4.69) is 4.98 Å². The standard InChI is InChI=1S/C8H8F2N2O2/c1-3-5(13)2-4(7(9)10)6(12-3)8(11)14/h2,7,13H,1H3,(H2,11,14). The van der Waals surface area contributed by atoms with Crippen LogP contribution in [0.3, 0.4) is 0 Å². The van der Waals surface area contributed by atoms with E-state index in [1.54, 1.807) is 0 Å². The molecule has 0 saturated carbocycles. The van der Waals surface area contributed by atoms with E-state index in [1.165, 1.54) is 6.92 Å². The summed E-state index contributed by atoms with van der Waals surface area (Å²) in [5.74, 6) is -1.42. The Morgan fingerprint density at radius 1 is 1.64 bits per heavy atom. The van der Waals surface area contributed by atoms with E-state index in [4.69, 9.17) is 10.8 Å². The molecule has 1 aromatic rings. The van der Waals surface area contributed by atoms with Crippen LogP contribution >= 0.6 is 0 Å². The highest BCUT2D eigenvalue weighted by Gasteiger charge is 2.20. The van der Waals surface area contributed by atoms with Gasteiger partial charge in [0.05, 0.1) is 11.3 Å². The molecule has 0 aliphatic heterocycles. The smallest absolute Gasteiger partial charge is 0.267 e. The highest BCUT2D eigenvalue weighted by Crippen LogP contribution is 2.26. The molecule has 14 heavy (non-hydrogen) atoms. The van der Waals surface area contributed by atoms with Crippen molar-refractivity contribution < 1.29 is 18.7 Å². The van der Waals surface area contributed by atoms with Crippen LogP contribution in [0.2, 0.25) is 0 Å². The number of hydrogen-bond donors (Lipinski definition) is 2. The number of aromatic nitrogens is 1. The Hall–Kier alpha value is -1.72. The summed E-state index contributed by atoms with van der Waals surface area (Å²) >= 11 is 0. The topological polar surface area (TPSA) is 76.2 Å². The van der Waals surface area contributed by atoms with Crippen LogP contribution in [0.15, 0.2) is 6.07 Å². The normalized spacial score (nSPS) is 10.6. The number of halogens is 2. The van der Waals surface area contributed by atoms with E-state index in [9.17, 15) is 13.6 Å². The van der Waals surface area contributed by atoms with Crippen molar-refractivity contribution in [3.8, 4) is 5.75 Å². The highest BCUT2D eigenvalue weighted by molar-refractivity contribution is 5.92. The molecule has 0 saturated heterocycles.